The number of rotatable bonds is 6. The summed E-state index contributed by atoms with van der Waals surface area (Å²) >= 11 is 0. The van der Waals surface area contributed by atoms with Crippen molar-refractivity contribution >= 4 is 25.6 Å². The lowest BCUT2D eigenvalue weighted by molar-refractivity contribution is -0.154. The highest BCUT2D eigenvalue weighted by atomic mass is 32.3. The number of carbonyl (C=O) groups excluding carboxylic acids is 1. The fourth-order valence-corrected chi connectivity index (χ4v) is 8.26. The van der Waals surface area contributed by atoms with E-state index in [-0.39, 0.29) is 11.8 Å². The Morgan fingerprint density at radius 3 is 1.90 bits per heavy atom. The van der Waals surface area contributed by atoms with Crippen LogP contribution in [0.2, 0.25) is 0 Å². The number of sulfone groups is 2. The highest BCUT2D eigenvalue weighted by Crippen LogP contribution is 2.49. The van der Waals surface area contributed by atoms with Gasteiger partial charge in [0.2, 0.25) is 9.84 Å². The molecule has 0 N–H and O–H groups in total. The summed E-state index contributed by atoms with van der Waals surface area (Å²) in [6.45, 7) is 0. The molecule has 0 aliphatic heterocycles. The Hall–Kier alpha value is -0.980. The van der Waals surface area contributed by atoms with Gasteiger partial charge in [-0.2, -0.15) is 22.0 Å². The first-order chi connectivity index (χ1) is 13.7. The van der Waals surface area contributed by atoms with Crippen LogP contribution in [0.25, 0.3) is 0 Å². The summed E-state index contributed by atoms with van der Waals surface area (Å²) < 4.78 is 114. The zero-order chi connectivity index (χ0) is 22.5. The predicted molar refractivity (Wildman–Crippen MR) is 96.7 cm³/mol. The molecule has 3 aliphatic carbocycles. The maximum atomic E-state index is 14.8. The molecule has 0 aromatic carbocycles. The van der Waals surface area contributed by atoms with Crippen molar-refractivity contribution < 1.29 is 43.6 Å². The minimum absolute atomic E-state index is 0.0571. The second-order valence-electron chi connectivity index (χ2n) is 8.56. The van der Waals surface area contributed by atoms with E-state index in [4.69, 9.17) is 0 Å². The molecule has 0 radical (unpaired) electrons. The van der Waals surface area contributed by atoms with Crippen LogP contribution in [0.4, 0.5) is 22.0 Å². The van der Waals surface area contributed by atoms with Crippen LogP contribution in [0.3, 0.4) is 0 Å². The van der Waals surface area contributed by atoms with Crippen molar-refractivity contribution in [3.8, 4) is 0 Å². The Balaban J connectivity index is 1.92. The van der Waals surface area contributed by atoms with Crippen LogP contribution in [0.15, 0.2) is 0 Å². The van der Waals surface area contributed by atoms with Gasteiger partial charge in [-0.25, -0.2) is 16.8 Å². The zero-order valence-corrected chi connectivity index (χ0v) is 17.7. The molecule has 3 saturated carbocycles. The number of hydrogen-bond acceptors (Lipinski definition) is 5. The molecule has 0 aromatic rings. The lowest BCUT2D eigenvalue weighted by Gasteiger charge is -2.43. The SMILES string of the molecule is O=C(N(C1CCCCC1)C1CC2CCC1C2)C(F)(F)S(=O)(=O)CS(=O)(=O)C(F)(F)F. The van der Waals surface area contributed by atoms with Crippen molar-refractivity contribution in [2.24, 2.45) is 11.8 Å². The Kier molecular flexibility index (Phi) is 6.20. The Morgan fingerprint density at radius 2 is 1.43 bits per heavy atom. The normalized spacial score (nSPS) is 28.6. The molecule has 0 spiro atoms. The minimum Gasteiger partial charge on any atom is -0.330 e. The van der Waals surface area contributed by atoms with E-state index in [1.807, 2.05) is 0 Å². The second kappa shape index (κ2) is 7.86. The van der Waals surface area contributed by atoms with E-state index in [1.54, 1.807) is 0 Å². The summed E-state index contributed by atoms with van der Waals surface area (Å²) in [7, 11) is -12.6. The molecular weight excluding hydrogens is 457 g/mol. The van der Waals surface area contributed by atoms with Crippen LogP contribution >= 0.6 is 0 Å². The number of carbonyl (C=O) groups is 1. The van der Waals surface area contributed by atoms with Crippen molar-refractivity contribution in [3.63, 3.8) is 0 Å². The van der Waals surface area contributed by atoms with Crippen LogP contribution in [0.1, 0.15) is 57.8 Å². The van der Waals surface area contributed by atoms with Gasteiger partial charge in [-0.05, 0) is 43.9 Å². The molecule has 3 fully saturated rings. The largest absolute Gasteiger partial charge is 0.498 e. The van der Waals surface area contributed by atoms with Gasteiger partial charge >= 0.3 is 16.7 Å². The van der Waals surface area contributed by atoms with Crippen molar-refractivity contribution in [2.75, 3.05) is 5.08 Å². The van der Waals surface area contributed by atoms with E-state index in [0.717, 1.165) is 24.2 Å². The molecule has 0 saturated heterocycles. The molecule has 3 aliphatic rings. The number of amides is 1. The molecule has 13 heteroatoms. The molecule has 30 heavy (non-hydrogen) atoms. The number of hydrogen-bond donors (Lipinski definition) is 0. The van der Waals surface area contributed by atoms with Crippen molar-refractivity contribution in [1.29, 1.82) is 0 Å². The lowest BCUT2D eigenvalue weighted by atomic mass is 9.88. The van der Waals surface area contributed by atoms with Gasteiger partial charge in [-0.15, -0.1) is 0 Å². The number of fused-ring (bicyclic) bond motifs is 2. The smallest absolute Gasteiger partial charge is 0.330 e. The zero-order valence-electron chi connectivity index (χ0n) is 16.1. The summed E-state index contributed by atoms with van der Waals surface area (Å²) in [6.07, 6.45) is 5.76. The van der Waals surface area contributed by atoms with Gasteiger partial charge in [-0.3, -0.25) is 4.79 Å². The average Bonchev–Trinajstić information content (AvgIpc) is 3.24. The molecule has 3 atom stereocenters. The fourth-order valence-electron chi connectivity index (χ4n) is 5.13. The number of nitrogens with zero attached hydrogens (tertiary/aromatic N) is 1. The molecule has 3 rings (SSSR count). The van der Waals surface area contributed by atoms with Crippen molar-refractivity contribution in [3.05, 3.63) is 0 Å². The third kappa shape index (κ3) is 4.20. The first-order valence-corrected chi connectivity index (χ1v) is 13.2. The van der Waals surface area contributed by atoms with Gasteiger partial charge in [0.15, 0.2) is 5.08 Å². The first-order valence-electron chi connectivity index (χ1n) is 9.89. The monoisotopic (exact) mass is 481 g/mol. The molecule has 0 heterocycles. The average molecular weight is 482 g/mol. The van der Waals surface area contributed by atoms with Gasteiger partial charge in [0.25, 0.3) is 9.84 Å². The molecule has 1 amide bonds. The third-order valence-electron chi connectivity index (χ3n) is 6.56. The Bertz CT molecular complexity index is 881. The minimum atomic E-state index is -6.39. The van der Waals surface area contributed by atoms with Gasteiger partial charge in [0, 0.05) is 12.1 Å². The van der Waals surface area contributed by atoms with Crippen LogP contribution < -0.4 is 0 Å². The topological polar surface area (TPSA) is 88.6 Å². The molecule has 6 nitrogen and oxygen atoms in total. The maximum absolute atomic E-state index is 14.8. The summed E-state index contributed by atoms with van der Waals surface area (Å²) in [5, 5.41) is -8.12. The first kappa shape index (κ1) is 23.7. The highest BCUT2D eigenvalue weighted by Gasteiger charge is 2.61. The second-order valence-corrected chi connectivity index (χ2v) is 12.9. The van der Waals surface area contributed by atoms with Gasteiger partial charge in [0.05, 0.1) is 0 Å². The molecule has 0 aromatic heterocycles. The van der Waals surface area contributed by atoms with Gasteiger partial charge < -0.3 is 4.90 Å². The van der Waals surface area contributed by atoms with Crippen LogP contribution in [-0.4, -0.2) is 55.6 Å². The number of alkyl halides is 5. The Labute approximate surface area is 172 Å². The third-order valence-corrected chi connectivity index (χ3v) is 10.7. The van der Waals surface area contributed by atoms with E-state index in [2.05, 4.69) is 0 Å². The summed E-state index contributed by atoms with van der Waals surface area (Å²) in [5.74, 6) is -1.91. The van der Waals surface area contributed by atoms with Crippen molar-refractivity contribution in [1.82, 2.24) is 4.90 Å². The van der Waals surface area contributed by atoms with E-state index in [0.29, 0.717) is 38.5 Å². The van der Waals surface area contributed by atoms with E-state index in [9.17, 15) is 43.6 Å². The summed E-state index contributed by atoms with van der Waals surface area (Å²) in [5.41, 5.74) is -6.02. The van der Waals surface area contributed by atoms with E-state index >= 15 is 0 Å². The van der Waals surface area contributed by atoms with E-state index < -0.39 is 53.5 Å². The standard InChI is InChI=1S/C17H24F5NO5S2/c18-16(19,29(25,26)10-30(27,28)17(20,21)22)15(24)23(13-4-2-1-3-5-13)14-9-11-6-7-12(14)8-11/h11-14H,1-10H2. The van der Waals surface area contributed by atoms with Crippen molar-refractivity contribution in [2.45, 2.75) is 80.6 Å². The van der Waals surface area contributed by atoms with Crippen LogP contribution in [-0.2, 0) is 24.5 Å². The van der Waals surface area contributed by atoms with E-state index in [1.165, 1.54) is 0 Å². The Morgan fingerprint density at radius 1 is 0.833 bits per heavy atom. The molecule has 3 unspecified atom stereocenters. The predicted octanol–water partition coefficient (Wildman–Crippen LogP) is 3.24. The molecule has 2 bridgehead atoms. The number of halogens is 5. The molecular formula is C17H24F5NO5S2. The van der Waals surface area contributed by atoms with Crippen LogP contribution in [0, 0.1) is 11.8 Å². The summed E-state index contributed by atoms with van der Waals surface area (Å²) in [6, 6.07) is -1.23. The van der Waals surface area contributed by atoms with Gasteiger partial charge in [0.1, 0.15) is 0 Å². The van der Waals surface area contributed by atoms with Crippen LogP contribution in [0.5, 0.6) is 0 Å². The van der Waals surface area contributed by atoms with Gasteiger partial charge in [-0.1, -0.05) is 25.7 Å². The highest BCUT2D eigenvalue weighted by molar-refractivity contribution is 8.09. The lowest BCUT2D eigenvalue weighted by Crippen LogP contribution is -2.58. The molecule has 174 valence electrons. The quantitative estimate of drug-likeness (QED) is 0.544. The maximum Gasteiger partial charge on any atom is 0.498 e. The fraction of sp³-hybridized carbons (Fsp3) is 0.941. The summed E-state index contributed by atoms with van der Waals surface area (Å²) in [4.78, 5) is 13.7.